The van der Waals surface area contributed by atoms with Gasteiger partial charge in [0.1, 0.15) is 0 Å². The van der Waals surface area contributed by atoms with Crippen LogP contribution in [0.15, 0.2) is 42.5 Å². The zero-order chi connectivity index (χ0) is 13.2. The van der Waals surface area contributed by atoms with Crippen molar-refractivity contribution in [2.75, 3.05) is 5.32 Å². The summed E-state index contributed by atoms with van der Waals surface area (Å²) >= 11 is 7.70. The standard InChI is InChI=1S/C15H13ClN2S/c1-10-7-12(16)8-13-14(10)18-15(19-13)17-9-11-5-3-2-4-6-11/h2-8H,9H2,1H3,(H,17,18). The number of nitrogens with zero attached hydrogens (tertiary/aromatic N) is 1. The lowest BCUT2D eigenvalue weighted by Crippen LogP contribution is -1.98. The summed E-state index contributed by atoms with van der Waals surface area (Å²) in [6, 6.07) is 14.2. The molecule has 1 aromatic heterocycles. The van der Waals surface area contributed by atoms with E-state index < -0.39 is 0 Å². The summed E-state index contributed by atoms with van der Waals surface area (Å²) in [6.07, 6.45) is 0. The van der Waals surface area contributed by atoms with E-state index in [-0.39, 0.29) is 0 Å². The van der Waals surface area contributed by atoms with Crippen molar-refractivity contribution in [3.63, 3.8) is 0 Å². The van der Waals surface area contributed by atoms with E-state index in [0.717, 1.165) is 32.5 Å². The average Bonchev–Trinajstić information content (AvgIpc) is 2.81. The number of anilines is 1. The second-order valence-corrected chi connectivity index (χ2v) is 5.89. The molecule has 0 bridgehead atoms. The molecule has 0 unspecified atom stereocenters. The molecule has 0 saturated heterocycles. The molecule has 1 heterocycles. The molecule has 0 aliphatic heterocycles. The van der Waals surface area contributed by atoms with Gasteiger partial charge in [0, 0.05) is 11.6 Å². The summed E-state index contributed by atoms with van der Waals surface area (Å²) in [5.74, 6) is 0. The summed E-state index contributed by atoms with van der Waals surface area (Å²) in [5.41, 5.74) is 3.40. The Hall–Kier alpha value is -1.58. The SMILES string of the molecule is Cc1cc(Cl)cc2sc(NCc3ccccc3)nc12. The Kier molecular flexibility index (Phi) is 3.40. The Bertz CT molecular complexity index is 707. The molecule has 3 aromatic rings. The molecule has 0 aliphatic carbocycles. The molecule has 0 amide bonds. The molecule has 0 atom stereocenters. The van der Waals surface area contributed by atoms with Crippen LogP contribution in [0.2, 0.25) is 5.02 Å². The van der Waals surface area contributed by atoms with Crippen molar-refractivity contribution in [1.82, 2.24) is 4.98 Å². The van der Waals surface area contributed by atoms with Gasteiger partial charge in [0.05, 0.1) is 10.2 Å². The summed E-state index contributed by atoms with van der Waals surface area (Å²) in [7, 11) is 0. The Morgan fingerprint density at radius 1 is 1.21 bits per heavy atom. The van der Waals surface area contributed by atoms with Crippen LogP contribution in [0.5, 0.6) is 0 Å². The van der Waals surface area contributed by atoms with Crippen LogP contribution in [0.25, 0.3) is 10.2 Å². The third kappa shape index (κ3) is 2.72. The zero-order valence-corrected chi connectivity index (χ0v) is 12.1. The van der Waals surface area contributed by atoms with Crippen molar-refractivity contribution in [2.24, 2.45) is 0 Å². The summed E-state index contributed by atoms with van der Waals surface area (Å²) in [4.78, 5) is 4.62. The number of hydrogen-bond acceptors (Lipinski definition) is 3. The minimum Gasteiger partial charge on any atom is -0.357 e. The molecular formula is C15H13ClN2S. The van der Waals surface area contributed by atoms with E-state index >= 15 is 0 Å². The van der Waals surface area contributed by atoms with Crippen LogP contribution in [0.1, 0.15) is 11.1 Å². The molecule has 2 aromatic carbocycles. The molecule has 0 aliphatic rings. The van der Waals surface area contributed by atoms with Gasteiger partial charge in [-0.1, -0.05) is 53.3 Å². The monoisotopic (exact) mass is 288 g/mol. The van der Waals surface area contributed by atoms with E-state index in [1.54, 1.807) is 11.3 Å². The van der Waals surface area contributed by atoms with Gasteiger partial charge in [-0.15, -0.1) is 0 Å². The van der Waals surface area contributed by atoms with Gasteiger partial charge in [0.15, 0.2) is 5.13 Å². The van der Waals surface area contributed by atoms with Crippen LogP contribution in [0, 0.1) is 6.92 Å². The highest BCUT2D eigenvalue weighted by Gasteiger charge is 2.07. The van der Waals surface area contributed by atoms with Gasteiger partial charge >= 0.3 is 0 Å². The topological polar surface area (TPSA) is 24.9 Å². The second kappa shape index (κ2) is 5.19. The highest BCUT2D eigenvalue weighted by molar-refractivity contribution is 7.22. The summed E-state index contributed by atoms with van der Waals surface area (Å²) < 4.78 is 1.13. The maximum Gasteiger partial charge on any atom is 0.184 e. The Labute approximate surface area is 121 Å². The third-order valence-corrected chi connectivity index (χ3v) is 4.12. The molecule has 96 valence electrons. The number of thiazole rings is 1. The van der Waals surface area contributed by atoms with Crippen molar-refractivity contribution < 1.29 is 0 Å². The van der Waals surface area contributed by atoms with E-state index in [4.69, 9.17) is 11.6 Å². The Morgan fingerprint density at radius 3 is 2.79 bits per heavy atom. The molecule has 4 heteroatoms. The number of hydrogen-bond donors (Lipinski definition) is 1. The largest absolute Gasteiger partial charge is 0.357 e. The van der Waals surface area contributed by atoms with Crippen molar-refractivity contribution in [3.05, 3.63) is 58.6 Å². The van der Waals surface area contributed by atoms with Crippen molar-refractivity contribution in [3.8, 4) is 0 Å². The molecular weight excluding hydrogens is 276 g/mol. The minimum atomic E-state index is 0.767. The Balaban J connectivity index is 1.84. The number of halogens is 1. The van der Waals surface area contributed by atoms with Crippen LogP contribution < -0.4 is 5.32 Å². The van der Waals surface area contributed by atoms with E-state index in [1.165, 1.54) is 5.56 Å². The van der Waals surface area contributed by atoms with Gasteiger partial charge in [-0.3, -0.25) is 0 Å². The van der Waals surface area contributed by atoms with E-state index in [1.807, 2.05) is 37.3 Å². The number of nitrogens with one attached hydrogen (secondary N) is 1. The van der Waals surface area contributed by atoms with Gasteiger partial charge in [-0.05, 0) is 30.2 Å². The normalized spacial score (nSPS) is 10.8. The van der Waals surface area contributed by atoms with E-state index in [9.17, 15) is 0 Å². The number of aromatic nitrogens is 1. The molecule has 0 spiro atoms. The lowest BCUT2D eigenvalue weighted by molar-refractivity contribution is 1.14. The predicted octanol–water partition coefficient (Wildman–Crippen LogP) is 4.87. The highest BCUT2D eigenvalue weighted by atomic mass is 35.5. The fourth-order valence-corrected chi connectivity index (χ4v) is 3.32. The van der Waals surface area contributed by atoms with Crippen LogP contribution in [0.3, 0.4) is 0 Å². The Morgan fingerprint density at radius 2 is 2.00 bits per heavy atom. The molecule has 1 N–H and O–H groups in total. The van der Waals surface area contributed by atoms with Gasteiger partial charge in [0.25, 0.3) is 0 Å². The zero-order valence-electron chi connectivity index (χ0n) is 10.5. The predicted molar refractivity (Wildman–Crippen MR) is 83.1 cm³/mol. The van der Waals surface area contributed by atoms with Gasteiger partial charge in [0.2, 0.25) is 0 Å². The first-order chi connectivity index (χ1) is 9.22. The highest BCUT2D eigenvalue weighted by Crippen LogP contribution is 2.31. The van der Waals surface area contributed by atoms with Gasteiger partial charge in [-0.2, -0.15) is 0 Å². The van der Waals surface area contributed by atoms with Crippen LogP contribution >= 0.6 is 22.9 Å². The maximum atomic E-state index is 6.06. The number of aryl methyl sites for hydroxylation is 1. The average molecular weight is 289 g/mol. The van der Waals surface area contributed by atoms with Crippen molar-refractivity contribution in [2.45, 2.75) is 13.5 Å². The van der Waals surface area contributed by atoms with Crippen molar-refractivity contribution in [1.29, 1.82) is 0 Å². The maximum absolute atomic E-state index is 6.06. The van der Waals surface area contributed by atoms with Crippen LogP contribution in [-0.2, 0) is 6.54 Å². The smallest absolute Gasteiger partial charge is 0.184 e. The van der Waals surface area contributed by atoms with Gasteiger partial charge in [-0.25, -0.2) is 4.98 Å². The number of rotatable bonds is 3. The third-order valence-electron chi connectivity index (χ3n) is 2.94. The number of fused-ring (bicyclic) bond motifs is 1. The minimum absolute atomic E-state index is 0.767. The quantitative estimate of drug-likeness (QED) is 0.744. The fourth-order valence-electron chi connectivity index (χ4n) is 2.00. The summed E-state index contributed by atoms with van der Waals surface area (Å²) in [5, 5.41) is 5.06. The molecule has 19 heavy (non-hydrogen) atoms. The van der Waals surface area contributed by atoms with E-state index in [0.29, 0.717) is 0 Å². The lowest BCUT2D eigenvalue weighted by atomic mass is 10.2. The first-order valence-electron chi connectivity index (χ1n) is 6.07. The van der Waals surface area contributed by atoms with E-state index in [2.05, 4.69) is 22.4 Å². The van der Waals surface area contributed by atoms with Crippen molar-refractivity contribution >= 4 is 38.3 Å². The second-order valence-electron chi connectivity index (χ2n) is 4.43. The first-order valence-corrected chi connectivity index (χ1v) is 7.26. The molecule has 3 rings (SSSR count). The summed E-state index contributed by atoms with van der Waals surface area (Å²) in [6.45, 7) is 2.82. The van der Waals surface area contributed by atoms with Gasteiger partial charge < -0.3 is 5.32 Å². The van der Waals surface area contributed by atoms with Crippen LogP contribution in [-0.4, -0.2) is 4.98 Å². The fraction of sp³-hybridized carbons (Fsp3) is 0.133. The number of benzene rings is 2. The molecule has 2 nitrogen and oxygen atoms in total. The molecule has 0 saturated carbocycles. The first kappa shape index (κ1) is 12.5. The molecule has 0 fully saturated rings. The molecule has 0 radical (unpaired) electrons. The van der Waals surface area contributed by atoms with Crippen LogP contribution in [0.4, 0.5) is 5.13 Å². The lowest BCUT2D eigenvalue weighted by Gasteiger charge is -2.01.